The summed E-state index contributed by atoms with van der Waals surface area (Å²) in [6.45, 7) is 0.178. The van der Waals surface area contributed by atoms with E-state index in [0.717, 1.165) is 0 Å². The van der Waals surface area contributed by atoms with Gasteiger partial charge in [-0.2, -0.15) is 0 Å². The minimum absolute atomic E-state index is 0.0511. The molecule has 2 aromatic carbocycles. The fourth-order valence-corrected chi connectivity index (χ4v) is 2.54. The van der Waals surface area contributed by atoms with Crippen LogP contribution in [0.1, 0.15) is 10.4 Å². The quantitative estimate of drug-likeness (QED) is 0.484. The van der Waals surface area contributed by atoms with Crippen LogP contribution in [0.2, 0.25) is 10.0 Å². The number of tetrazole rings is 1. The summed E-state index contributed by atoms with van der Waals surface area (Å²) >= 11 is 12.0. The number of halogens is 2. The molecule has 0 N–H and O–H groups in total. The Balaban J connectivity index is 1.56. The van der Waals surface area contributed by atoms with Crippen molar-refractivity contribution in [1.29, 1.82) is 0 Å². The van der Waals surface area contributed by atoms with E-state index in [9.17, 15) is 4.79 Å². The lowest BCUT2D eigenvalue weighted by atomic mass is 10.2. The third-order valence-corrected chi connectivity index (χ3v) is 3.77. The lowest BCUT2D eigenvalue weighted by molar-refractivity contribution is 0.0450. The molecule has 7 nitrogen and oxygen atoms in total. The molecule has 128 valence electrons. The summed E-state index contributed by atoms with van der Waals surface area (Å²) in [4.78, 5) is 12.1. The highest BCUT2D eigenvalue weighted by molar-refractivity contribution is 6.37. The molecule has 0 aliphatic rings. The van der Waals surface area contributed by atoms with Crippen LogP contribution >= 0.6 is 23.2 Å². The summed E-state index contributed by atoms with van der Waals surface area (Å²) in [5, 5.41) is 11.7. The number of rotatable bonds is 6. The first-order valence-electron chi connectivity index (χ1n) is 7.22. The third kappa shape index (κ3) is 4.26. The second-order valence-electron chi connectivity index (χ2n) is 4.84. The maximum atomic E-state index is 12.1. The molecule has 9 heteroatoms. The predicted molar refractivity (Wildman–Crippen MR) is 91.4 cm³/mol. The van der Waals surface area contributed by atoms with Crippen LogP contribution in [0.5, 0.6) is 5.75 Å². The van der Waals surface area contributed by atoms with Crippen LogP contribution in [-0.4, -0.2) is 39.4 Å². The molecule has 0 fully saturated rings. The number of esters is 1. The van der Waals surface area contributed by atoms with Crippen LogP contribution < -0.4 is 4.74 Å². The molecular weight excluding hydrogens is 367 g/mol. The van der Waals surface area contributed by atoms with Gasteiger partial charge in [-0.15, -0.1) is 5.10 Å². The lowest BCUT2D eigenvalue weighted by Gasteiger charge is -2.10. The number of hydrogen-bond acceptors (Lipinski definition) is 6. The highest BCUT2D eigenvalue weighted by Gasteiger charge is 2.10. The average Bonchev–Trinajstić information content (AvgIpc) is 3.15. The minimum Gasteiger partial charge on any atom is -0.487 e. The van der Waals surface area contributed by atoms with Crippen molar-refractivity contribution >= 4 is 29.2 Å². The SMILES string of the molecule is O=C(OCCOc1c(Cl)cccc1Cl)c1cccc(-n2cnnn2)c1. The number of hydrogen-bond donors (Lipinski definition) is 0. The van der Waals surface area contributed by atoms with Crippen molar-refractivity contribution in [3.8, 4) is 11.4 Å². The predicted octanol–water partition coefficient (Wildman–Crippen LogP) is 3.20. The van der Waals surface area contributed by atoms with E-state index < -0.39 is 5.97 Å². The summed E-state index contributed by atoms with van der Waals surface area (Å²) in [7, 11) is 0. The van der Waals surface area contributed by atoms with Gasteiger partial charge < -0.3 is 9.47 Å². The fourth-order valence-electron chi connectivity index (χ4n) is 2.04. The van der Waals surface area contributed by atoms with E-state index in [0.29, 0.717) is 27.0 Å². The van der Waals surface area contributed by atoms with Crippen LogP contribution in [-0.2, 0) is 4.74 Å². The van der Waals surface area contributed by atoms with Gasteiger partial charge in [0.2, 0.25) is 0 Å². The van der Waals surface area contributed by atoms with E-state index in [-0.39, 0.29) is 13.2 Å². The Bertz CT molecular complexity index is 851. The molecule has 0 amide bonds. The maximum absolute atomic E-state index is 12.1. The van der Waals surface area contributed by atoms with Gasteiger partial charge in [0.15, 0.2) is 5.75 Å². The van der Waals surface area contributed by atoms with Crippen LogP contribution in [0, 0.1) is 0 Å². The summed E-state index contributed by atoms with van der Waals surface area (Å²) in [6, 6.07) is 11.8. The monoisotopic (exact) mass is 378 g/mol. The van der Waals surface area contributed by atoms with E-state index in [2.05, 4.69) is 15.5 Å². The molecule has 0 radical (unpaired) electrons. The molecular formula is C16H12Cl2N4O3. The molecule has 0 spiro atoms. The number of para-hydroxylation sites is 1. The summed E-state index contributed by atoms with van der Waals surface area (Å²) in [5.74, 6) is -0.119. The van der Waals surface area contributed by atoms with Crippen LogP contribution in [0.25, 0.3) is 5.69 Å². The third-order valence-electron chi connectivity index (χ3n) is 3.18. The first-order chi connectivity index (χ1) is 12.1. The van der Waals surface area contributed by atoms with Crippen molar-refractivity contribution < 1.29 is 14.3 Å². The first-order valence-corrected chi connectivity index (χ1v) is 7.98. The van der Waals surface area contributed by atoms with Gasteiger partial charge in [0.25, 0.3) is 0 Å². The first kappa shape index (κ1) is 17.2. The Kier molecular flexibility index (Phi) is 5.47. The molecule has 1 heterocycles. The number of ether oxygens (including phenoxy) is 2. The van der Waals surface area contributed by atoms with Crippen molar-refractivity contribution in [2.75, 3.05) is 13.2 Å². The largest absolute Gasteiger partial charge is 0.487 e. The molecule has 3 rings (SSSR count). The topological polar surface area (TPSA) is 79.1 Å². The molecule has 0 bridgehead atoms. The number of aromatic nitrogens is 4. The second-order valence-corrected chi connectivity index (χ2v) is 5.65. The standard InChI is InChI=1S/C16H12Cl2N4O3/c17-13-5-2-6-14(18)15(13)24-7-8-25-16(23)11-3-1-4-12(9-11)22-10-19-20-21-22/h1-6,9-10H,7-8H2. The van der Waals surface area contributed by atoms with Gasteiger partial charge in [-0.1, -0.05) is 35.3 Å². The van der Waals surface area contributed by atoms with Crippen molar-refractivity contribution in [2.45, 2.75) is 0 Å². The second kappa shape index (κ2) is 7.96. The molecule has 0 saturated carbocycles. The van der Waals surface area contributed by atoms with Gasteiger partial charge in [0.05, 0.1) is 21.3 Å². The number of carbonyl (C=O) groups is 1. The Morgan fingerprint density at radius 2 is 1.84 bits per heavy atom. The van der Waals surface area contributed by atoms with E-state index in [1.165, 1.54) is 11.0 Å². The average molecular weight is 379 g/mol. The number of carbonyl (C=O) groups excluding carboxylic acids is 1. The zero-order chi connectivity index (χ0) is 17.6. The van der Waals surface area contributed by atoms with Crippen molar-refractivity contribution in [3.05, 3.63) is 64.4 Å². The van der Waals surface area contributed by atoms with Gasteiger partial charge in [0, 0.05) is 0 Å². The Hall–Kier alpha value is -2.64. The highest BCUT2D eigenvalue weighted by atomic mass is 35.5. The minimum atomic E-state index is -0.483. The molecule has 0 aliphatic heterocycles. The molecule has 0 aliphatic carbocycles. The number of benzene rings is 2. The van der Waals surface area contributed by atoms with Gasteiger partial charge in [-0.25, -0.2) is 9.48 Å². The molecule has 0 unspecified atom stereocenters. The molecule has 25 heavy (non-hydrogen) atoms. The Labute approximate surface area is 153 Å². The molecule has 0 saturated heterocycles. The fraction of sp³-hybridized carbons (Fsp3) is 0.125. The van der Waals surface area contributed by atoms with Crippen molar-refractivity contribution in [1.82, 2.24) is 20.2 Å². The van der Waals surface area contributed by atoms with Crippen LogP contribution in [0.15, 0.2) is 48.8 Å². The van der Waals surface area contributed by atoms with Gasteiger partial charge in [0.1, 0.15) is 19.5 Å². The van der Waals surface area contributed by atoms with Crippen LogP contribution in [0.4, 0.5) is 0 Å². The highest BCUT2D eigenvalue weighted by Crippen LogP contribution is 2.32. The van der Waals surface area contributed by atoms with E-state index in [4.69, 9.17) is 32.7 Å². The van der Waals surface area contributed by atoms with Crippen molar-refractivity contribution in [2.24, 2.45) is 0 Å². The normalized spacial score (nSPS) is 10.5. The van der Waals surface area contributed by atoms with E-state index in [1.807, 2.05) is 0 Å². The molecule has 1 aromatic heterocycles. The maximum Gasteiger partial charge on any atom is 0.338 e. The van der Waals surface area contributed by atoms with Crippen molar-refractivity contribution in [3.63, 3.8) is 0 Å². The van der Waals surface area contributed by atoms with E-state index in [1.54, 1.807) is 42.5 Å². The van der Waals surface area contributed by atoms with Gasteiger partial charge >= 0.3 is 5.97 Å². The zero-order valence-corrected chi connectivity index (χ0v) is 14.3. The zero-order valence-electron chi connectivity index (χ0n) is 12.8. The number of nitrogens with zero attached hydrogens (tertiary/aromatic N) is 4. The van der Waals surface area contributed by atoms with Gasteiger partial charge in [-0.05, 0) is 40.8 Å². The molecule has 0 atom stereocenters. The van der Waals surface area contributed by atoms with E-state index >= 15 is 0 Å². The molecule has 3 aromatic rings. The summed E-state index contributed by atoms with van der Waals surface area (Å²) in [6.07, 6.45) is 1.44. The smallest absolute Gasteiger partial charge is 0.338 e. The summed E-state index contributed by atoms with van der Waals surface area (Å²) in [5.41, 5.74) is 1.03. The Morgan fingerprint density at radius 1 is 1.08 bits per heavy atom. The van der Waals surface area contributed by atoms with Gasteiger partial charge in [-0.3, -0.25) is 0 Å². The van der Waals surface area contributed by atoms with Crippen LogP contribution in [0.3, 0.4) is 0 Å². The lowest BCUT2D eigenvalue weighted by Crippen LogP contribution is -2.13. The summed E-state index contributed by atoms with van der Waals surface area (Å²) < 4.78 is 12.1. The Morgan fingerprint density at radius 3 is 2.56 bits per heavy atom.